The first-order chi connectivity index (χ1) is 12.4. The van der Waals surface area contributed by atoms with Crippen LogP contribution in [0, 0.1) is 13.8 Å². The van der Waals surface area contributed by atoms with Gasteiger partial charge in [-0.3, -0.25) is 9.48 Å². The third-order valence-corrected chi connectivity index (χ3v) is 3.94. The molecule has 0 aliphatic carbocycles. The normalized spacial score (nSPS) is 10.8. The zero-order valence-corrected chi connectivity index (χ0v) is 15.5. The highest BCUT2D eigenvalue weighted by Gasteiger charge is 2.15. The van der Waals surface area contributed by atoms with Crippen LogP contribution in [0.2, 0.25) is 0 Å². The summed E-state index contributed by atoms with van der Waals surface area (Å²) in [6.07, 6.45) is 5.38. The van der Waals surface area contributed by atoms with Crippen LogP contribution in [-0.4, -0.2) is 37.4 Å². The van der Waals surface area contributed by atoms with E-state index >= 15 is 0 Å². The molecule has 26 heavy (non-hydrogen) atoms. The lowest BCUT2D eigenvalue weighted by molar-refractivity contribution is 0.0777. The molecule has 3 rings (SSSR count). The molecule has 0 N–H and O–H groups in total. The van der Waals surface area contributed by atoms with E-state index in [1.807, 2.05) is 39.2 Å². The van der Waals surface area contributed by atoms with Crippen LogP contribution in [-0.2, 0) is 20.3 Å². The Morgan fingerprint density at radius 1 is 1.23 bits per heavy atom. The first-order valence-corrected chi connectivity index (χ1v) is 8.38. The fraction of sp³-hybridized carbons (Fsp3) is 0.316. The van der Waals surface area contributed by atoms with Gasteiger partial charge in [0.15, 0.2) is 12.4 Å². The highest BCUT2D eigenvalue weighted by atomic mass is 16.5. The lowest BCUT2D eigenvalue weighted by Gasteiger charge is -2.14. The van der Waals surface area contributed by atoms with Crippen molar-refractivity contribution in [3.05, 3.63) is 65.2 Å². The Morgan fingerprint density at radius 2 is 1.96 bits per heavy atom. The van der Waals surface area contributed by atoms with Gasteiger partial charge in [0.2, 0.25) is 0 Å². The summed E-state index contributed by atoms with van der Waals surface area (Å²) in [6, 6.07) is 7.75. The van der Waals surface area contributed by atoms with Gasteiger partial charge in [0.1, 0.15) is 5.75 Å². The molecule has 7 heteroatoms. The van der Waals surface area contributed by atoms with Crippen molar-refractivity contribution in [2.24, 2.45) is 7.05 Å². The summed E-state index contributed by atoms with van der Waals surface area (Å²) in [7, 11) is 3.60. The summed E-state index contributed by atoms with van der Waals surface area (Å²) in [5.41, 5.74) is 3.66. The highest BCUT2D eigenvalue weighted by Crippen LogP contribution is 2.16. The molecule has 0 unspecified atom stereocenters. The van der Waals surface area contributed by atoms with E-state index in [9.17, 15) is 4.79 Å². The second-order valence-electron chi connectivity index (χ2n) is 6.52. The molecule has 0 radical (unpaired) electrons. The topological polar surface area (TPSA) is 65.2 Å². The van der Waals surface area contributed by atoms with Crippen LogP contribution < -0.4 is 4.74 Å². The van der Waals surface area contributed by atoms with E-state index in [-0.39, 0.29) is 12.6 Å². The Labute approximate surface area is 152 Å². The fourth-order valence-electron chi connectivity index (χ4n) is 2.80. The molecule has 0 saturated carbocycles. The maximum absolute atomic E-state index is 12.5. The number of aryl methyl sites for hydroxylation is 3. The van der Waals surface area contributed by atoms with E-state index in [2.05, 4.69) is 16.3 Å². The number of nitrogens with zero attached hydrogens (tertiary/aromatic N) is 5. The first kappa shape index (κ1) is 17.7. The molecule has 1 amide bonds. The monoisotopic (exact) mass is 353 g/mol. The number of ether oxygens (including phenoxy) is 1. The average Bonchev–Trinajstić information content (AvgIpc) is 3.20. The van der Waals surface area contributed by atoms with Crippen LogP contribution in [0.4, 0.5) is 0 Å². The van der Waals surface area contributed by atoms with Crippen molar-refractivity contribution in [3.8, 4) is 5.75 Å². The first-order valence-electron chi connectivity index (χ1n) is 8.38. The Balaban J connectivity index is 1.60. The second-order valence-corrected chi connectivity index (χ2v) is 6.52. The molecular weight excluding hydrogens is 330 g/mol. The summed E-state index contributed by atoms with van der Waals surface area (Å²) in [5, 5.41) is 8.43. The van der Waals surface area contributed by atoms with Crippen molar-refractivity contribution in [3.63, 3.8) is 0 Å². The van der Waals surface area contributed by atoms with Crippen LogP contribution in [0.15, 0.2) is 42.9 Å². The number of benzene rings is 1. The zero-order chi connectivity index (χ0) is 18.7. The van der Waals surface area contributed by atoms with Crippen molar-refractivity contribution < 1.29 is 9.53 Å². The number of hydrogen-bond donors (Lipinski definition) is 0. The Hall–Kier alpha value is -3.09. The lowest BCUT2D eigenvalue weighted by Crippen LogP contribution is -2.26. The minimum atomic E-state index is -0.140. The summed E-state index contributed by atoms with van der Waals surface area (Å²) in [5.74, 6) is 0.651. The summed E-state index contributed by atoms with van der Waals surface area (Å²) in [6.45, 7) is 4.80. The number of carbonyl (C=O) groups is 1. The maximum atomic E-state index is 12.5. The van der Waals surface area contributed by atoms with E-state index in [1.54, 1.807) is 39.8 Å². The van der Waals surface area contributed by atoms with Gasteiger partial charge in [-0.15, -0.1) is 0 Å². The van der Waals surface area contributed by atoms with E-state index in [0.29, 0.717) is 12.2 Å². The number of hydrogen-bond acceptors (Lipinski definition) is 4. The summed E-state index contributed by atoms with van der Waals surface area (Å²) >= 11 is 0. The quantitative estimate of drug-likeness (QED) is 0.683. The smallest absolute Gasteiger partial charge is 0.274 e. The van der Waals surface area contributed by atoms with Crippen LogP contribution >= 0.6 is 0 Å². The van der Waals surface area contributed by atoms with Crippen LogP contribution in [0.25, 0.3) is 0 Å². The number of carbonyl (C=O) groups excluding carboxylic acids is 1. The van der Waals surface area contributed by atoms with E-state index in [4.69, 9.17) is 4.74 Å². The Bertz CT molecular complexity index is 892. The largest absolute Gasteiger partial charge is 0.471 e. The van der Waals surface area contributed by atoms with Gasteiger partial charge in [-0.2, -0.15) is 10.2 Å². The zero-order valence-electron chi connectivity index (χ0n) is 15.5. The van der Waals surface area contributed by atoms with E-state index in [1.165, 1.54) is 0 Å². The predicted octanol–water partition coefficient (Wildman–Crippen LogP) is 2.54. The van der Waals surface area contributed by atoms with Gasteiger partial charge in [-0.05, 0) is 43.2 Å². The van der Waals surface area contributed by atoms with Crippen molar-refractivity contribution >= 4 is 5.91 Å². The van der Waals surface area contributed by atoms with Crippen molar-refractivity contribution in [1.29, 1.82) is 0 Å². The molecule has 0 aliphatic heterocycles. The Kier molecular flexibility index (Phi) is 5.06. The molecule has 3 aromatic rings. The highest BCUT2D eigenvalue weighted by molar-refractivity contribution is 5.91. The molecule has 0 spiro atoms. The van der Waals surface area contributed by atoms with Crippen molar-refractivity contribution in [2.75, 3.05) is 7.05 Å². The van der Waals surface area contributed by atoms with E-state index in [0.717, 1.165) is 22.4 Å². The summed E-state index contributed by atoms with van der Waals surface area (Å²) in [4.78, 5) is 14.1. The van der Waals surface area contributed by atoms with Gasteiger partial charge < -0.3 is 9.64 Å². The molecule has 0 aliphatic rings. The molecule has 136 valence electrons. The van der Waals surface area contributed by atoms with Gasteiger partial charge in [0, 0.05) is 38.6 Å². The lowest BCUT2D eigenvalue weighted by atomic mass is 10.1. The third-order valence-electron chi connectivity index (χ3n) is 3.94. The minimum absolute atomic E-state index is 0.140. The molecule has 2 aromatic heterocycles. The van der Waals surface area contributed by atoms with Crippen LogP contribution in [0.5, 0.6) is 5.75 Å². The molecule has 0 fully saturated rings. The molecular formula is C19H23N5O2. The second kappa shape index (κ2) is 7.43. The van der Waals surface area contributed by atoms with Crippen LogP contribution in [0.3, 0.4) is 0 Å². The van der Waals surface area contributed by atoms with Gasteiger partial charge in [-0.1, -0.05) is 6.07 Å². The molecule has 0 saturated heterocycles. The molecule has 7 nitrogen and oxygen atoms in total. The van der Waals surface area contributed by atoms with Crippen molar-refractivity contribution in [1.82, 2.24) is 24.5 Å². The fourth-order valence-corrected chi connectivity index (χ4v) is 2.80. The summed E-state index contributed by atoms with van der Waals surface area (Å²) < 4.78 is 9.10. The molecule has 0 atom stereocenters. The van der Waals surface area contributed by atoms with Gasteiger partial charge in [0.25, 0.3) is 5.91 Å². The van der Waals surface area contributed by atoms with E-state index < -0.39 is 0 Å². The van der Waals surface area contributed by atoms with Crippen molar-refractivity contribution in [2.45, 2.75) is 27.1 Å². The number of rotatable bonds is 6. The third kappa shape index (κ3) is 4.30. The molecule has 1 aromatic carbocycles. The molecule has 0 bridgehead atoms. The number of aromatic nitrogens is 4. The maximum Gasteiger partial charge on any atom is 0.274 e. The van der Waals surface area contributed by atoms with Gasteiger partial charge in [0.05, 0.1) is 6.20 Å². The van der Waals surface area contributed by atoms with Crippen LogP contribution in [0.1, 0.15) is 27.2 Å². The standard InChI is InChI=1S/C19H23N5O2/c1-14-7-15(2)9-17(8-14)26-13-24-6-5-18(21-24)19(25)22(3)11-16-10-20-23(4)12-16/h5-10,12H,11,13H2,1-4H3. The predicted molar refractivity (Wildman–Crippen MR) is 97.8 cm³/mol. The number of amides is 1. The molecule has 2 heterocycles. The van der Waals surface area contributed by atoms with Gasteiger partial charge in [-0.25, -0.2) is 4.68 Å². The van der Waals surface area contributed by atoms with Gasteiger partial charge >= 0.3 is 0 Å². The average molecular weight is 353 g/mol. The Morgan fingerprint density at radius 3 is 2.62 bits per heavy atom. The SMILES string of the molecule is Cc1cc(C)cc(OCn2ccc(C(=O)N(C)Cc3cnn(C)c3)n2)c1. The minimum Gasteiger partial charge on any atom is -0.471 e.